The Hall–Kier alpha value is -3.05. The Kier molecular flexibility index (Phi) is 13.5. The van der Waals surface area contributed by atoms with Gasteiger partial charge in [-0.3, -0.25) is 9.78 Å². The van der Waals surface area contributed by atoms with Crippen molar-refractivity contribution in [3.05, 3.63) is 83.3 Å². The van der Waals surface area contributed by atoms with Gasteiger partial charge in [-0.25, -0.2) is 0 Å². The van der Waals surface area contributed by atoms with E-state index in [2.05, 4.69) is 97.0 Å². The van der Waals surface area contributed by atoms with Crippen molar-refractivity contribution in [2.24, 2.45) is 11.8 Å². The van der Waals surface area contributed by atoms with Crippen molar-refractivity contribution in [2.45, 2.75) is 131 Å². The fourth-order valence-electron chi connectivity index (χ4n) is 8.04. The van der Waals surface area contributed by atoms with E-state index < -0.39 is 0 Å². The number of thiophene rings is 1. The number of nitrogens with zero attached hydrogens (tertiary/aromatic N) is 1. The molecule has 1 aliphatic rings. The van der Waals surface area contributed by atoms with Crippen LogP contribution < -0.4 is 4.74 Å². The molecule has 2 aromatic heterocycles. The number of aliphatic hydroxyl groups is 1. The summed E-state index contributed by atoms with van der Waals surface area (Å²) in [5.41, 5.74) is 6.57. The summed E-state index contributed by atoms with van der Waals surface area (Å²) >= 11 is 1.89. The summed E-state index contributed by atoms with van der Waals surface area (Å²) in [7, 11) is 1.81. The zero-order valence-electron chi connectivity index (χ0n) is 34.0. The average Bonchev–Trinajstić information content (AvgIpc) is 3.50. The predicted molar refractivity (Wildman–Crippen MR) is 223 cm³/mol. The number of ether oxygens (including phenoxy) is 1. The second-order valence-corrected chi connectivity index (χ2v) is 18.0. The number of fused-ring (bicyclic) bond motifs is 6. The van der Waals surface area contributed by atoms with Crippen LogP contribution in [0.25, 0.3) is 42.2 Å². The molecule has 5 aromatic rings. The molecule has 287 valence electrons. The van der Waals surface area contributed by atoms with Crippen molar-refractivity contribution in [2.75, 3.05) is 7.11 Å². The molecule has 3 aromatic carbocycles. The summed E-state index contributed by atoms with van der Waals surface area (Å²) < 4.78 is 8.64. The van der Waals surface area contributed by atoms with Crippen LogP contribution in [0.5, 0.6) is 5.75 Å². The topological polar surface area (TPSA) is 59.4 Å². The first-order chi connectivity index (χ1) is 24.5. The van der Waals surface area contributed by atoms with Crippen LogP contribution in [-0.2, 0) is 41.1 Å². The summed E-state index contributed by atoms with van der Waals surface area (Å²) in [4.78, 5) is 16.7. The van der Waals surface area contributed by atoms with E-state index in [-0.39, 0.29) is 59.7 Å². The van der Waals surface area contributed by atoms with Gasteiger partial charge in [0.1, 0.15) is 5.75 Å². The number of rotatable bonds is 9. The van der Waals surface area contributed by atoms with Crippen LogP contribution in [0.2, 0.25) is 0 Å². The molecule has 6 rings (SSSR count). The van der Waals surface area contributed by atoms with Gasteiger partial charge >= 0.3 is 0 Å². The maximum absolute atomic E-state index is 11.7. The number of methoxy groups -OCH3 is 1. The molecule has 6 heteroatoms. The van der Waals surface area contributed by atoms with E-state index in [1.807, 2.05) is 45.2 Å². The van der Waals surface area contributed by atoms with E-state index in [9.17, 15) is 9.90 Å². The van der Waals surface area contributed by atoms with E-state index in [0.29, 0.717) is 0 Å². The molecule has 0 spiro atoms. The Bertz CT molecular complexity index is 2110. The Labute approximate surface area is 336 Å². The molecule has 0 fully saturated rings. The first-order valence-corrected chi connectivity index (χ1v) is 20.2. The van der Waals surface area contributed by atoms with Crippen molar-refractivity contribution < 1.29 is 34.7 Å². The van der Waals surface area contributed by atoms with Gasteiger partial charge in [-0.05, 0) is 78.0 Å². The fraction of sp³-hybridized carbons (Fsp3) is 0.489. The van der Waals surface area contributed by atoms with Crippen molar-refractivity contribution in [1.29, 1.82) is 0 Å². The number of aliphatic hydroxyl groups excluding tert-OH is 1. The molecule has 0 atom stereocenters. The Morgan fingerprint density at radius 3 is 2.15 bits per heavy atom. The minimum Gasteiger partial charge on any atom is -0.512 e. The standard InChI is InChI=1S/C34H36NOS.C13H24O2.Ir/c1-32(2,3)24-18-21(17-20-11-9-10-12-22(20)24)29-30-23(13-16-35-29)27-26(36-8)19-25-28(31(27)37-30)34(6,7)15-14-33(25,4)5;1-5-10(6-2)12(14)9-13(15)11(7-3)8-4;/h9-13,16,18-19H,14-15H2,1-8H3;9-11,14H,5-8H2,1-4H3;/q-1;;/b;12-9-;. The molecule has 0 bridgehead atoms. The number of carbonyl (C=O) groups is 1. The molecular formula is C47H60IrNO3S-. The average molecular weight is 911 g/mol. The van der Waals surface area contributed by atoms with Gasteiger partial charge in [-0.15, -0.1) is 40.5 Å². The third-order valence-corrected chi connectivity index (χ3v) is 12.8. The zero-order chi connectivity index (χ0) is 38.2. The number of ketones is 1. The van der Waals surface area contributed by atoms with E-state index in [0.717, 1.165) is 48.1 Å². The number of benzene rings is 3. The van der Waals surface area contributed by atoms with E-state index >= 15 is 0 Å². The number of hydrogen-bond donors (Lipinski definition) is 1. The van der Waals surface area contributed by atoms with Gasteiger partial charge in [0, 0.05) is 70.1 Å². The van der Waals surface area contributed by atoms with Crippen LogP contribution >= 0.6 is 11.3 Å². The molecule has 4 nitrogen and oxygen atoms in total. The SMILES string of the molecule is CCC(CC)C(=O)/C=C(\O)C(CC)CC.COc1cc2c(c3sc4c(-c5[c-]c6ccccc6c(C(C)(C)C)c5)nccc4c13)C(C)(C)CCC2(C)C.[Ir]. The number of allylic oxidation sites excluding steroid dienone is 2. The molecule has 53 heavy (non-hydrogen) atoms. The molecule has 1 radical (unpaired) electrons. The fourth-order valence-corrected chi connectivity index (χ4v) is 9.59. The van der Waals surface area contributed by atoms with Crippen LogP contribution in [0.4, 0.5) is 0 Å². The summed E-state index contributed by atoms with van der Waals surface area (Å²) in [6.07, 6.45) is 9.23. The van der Waals surface area contributed by atoms with E-state index in [1.54, 1.807) is 7.11 Å². The molecule has 1 aliphatic carbocycles. The van der Waals surface area contributed by atoms with Gasteiger partial charge in [-0.2, -0.15) is 0 Å². The quantitative estimate of drug-likeness (QED) is 0.0909. The largest absolute Gasteiger partial charge is 0.512 e. The van der Waals surface area contributed by atoms with Gasteiger partial charge in [0.2, 0.25) is 0 Å². The van der Waals surface area contributed by atoms with Gasteiger partial charge in [0.15, 0.2) is 5.78 Å². The van der Waals surface area contributed by atoms with Crippen LogP contribution in [-0.4, -0.2) is 23.0 Å². The summed E-state index contributed by atoms with van der Waals surface area (Å²) in [6.45, 7) is 24.5. The third kappa shape index (κ3) is 8.46. The second-order valence-electron chi connectivity index (χ2n) is 17.0. The number of hydrogen-bond acceptors (Lipinski definition) is 5. The Morgan fingerprint density at radius 1 is 0.925 bits per heavy atom. The molecule has 0 saturated carbocycles. The molecule has 1 N–H and O–H groups in total. The summed E-state index contributed by atoms with van der Waals surface area (Å²) in [6, 6.07) is 19.1. The molecule has 0 unspecified atom stereocenters. The molecule has 0 aliphatic heterocycles. The Balaban J connectivity index is 0.000000335. The molecular weight excluding hydrogens is 851 g/mol. The zero-order valence-corrected chi connectivity index (χ0v) is 37.3. The summed E-state index contributed by atoms with van der Waals surface area (Å²) in [5.74, 6) is 1.52. The smallest absolute Gasteiger partial charge is 0.162 e. The van der Waals surface area contributed by atoms with Crippen LogP contribution in [0, 0.1) is 17.9 Å². The van der Waals surface area contributed by atoms with Crippen molar-refractivity contribution in [3.63, 3.8) is 0 Å². The first-order valence-electron chi connectivity index (χ1n) is 19.4. The maximum Gasteiger partial charge on any atom is 0.162 e. The van der Waals surface area contributed by atoms with Gasteiger partial charge in [0.25, 0.3) is 0 Å². The minimum absolute atomic E-state index is 0. The normalized spacial score (nSPS) is 15.3. The maximum atomic E-state index is 11.7. The van der Waals surface area contributed by atoms with Crippen molar-refractivity contribution >= 4 is 48.1 Å². The number of aromatic nitrogens is 1. The monoisotopic (exact) mass is 911 g/mol. The summed E-state index contributed by atoms with van der Waals surface area (Å²) in [5, 5.41) is 14.6. The first kappa shape index (κ1) is 42.7. The van der Waals surface area contributed by atoms with Crippen LogP contribution in [0.1, 0.15) is 131 Å². The Morgan fingerprint density at radius 2 is 1.55 bits per heavy atom. The van der Waals surface area contributed by atoms with Crippen LogP contribution in [0.15, 0.2) is 60.5 Å². The molecule has 0 saturated heterocycles. The molecule has 0 amide bonds. The minimum atomic E-state index is 0. The van der Waals surface area contributed by atoms with Crippen LogP contribution in [0.3, 0.4) is 0 Å². The molecule has 2 heterocycles. The second kappa shape index (κ2) is 16.8. The van der Waals surface area contributed by atoms with E-state index in [1.165, 1.54) is 61.2 Å². The van der Waals surface area contributed by atoms with Gasteiger partial charge in [-0.1, -0.05) is 105 Å². The van der Waals surface area contributed by atoms with Crippen molar-refractivity contribution in [3.8, 4) is 17.0 Å². The van der Waals surface area contributed by atoms with E-state index in [4.69, 9.17) is 9.72 Å². The number of pyridine rings is 1. The number of carbonyl (C=O) groups excluding carboxylic acids is 1. The third-order valence-electron chi connectivity index (χ3n) is 11.5. The predicted octanol–water partition coefficient (Wildman–Crippen LogP) is 13.6. The van der Waals surface area contributed by atoms with Crippen molar-refractivity contribution in [1.82, 2.24) is 4.98 Å². The van der Waals surface area contributed by atoms with Gasteiger partial charge < -0.3 is 9.84 Å². The van der Waals surface area contributed by atoms with Gasteiger partial charge in [0.05, 0.1) is 12.9 Å².